The monoisotopic (exact) mass is 356 g/mol. The number of hydrogen-bond donors (Lipinski definition) is 1. The molecule has 25 heavy (non-hydrogen) atoms. The number of benzene rings is 1. The van der Waals surface area contributed by atoms with Gasteiger partial charge in [-0.1, -0.05) is 12.1 Å². The Bertz CT molecular complexity index is 843. The molecule has 1 heterocycles. The van der Waals surface area contributed by atoms with Gasteiger partial charge in [0, 0.05) is 5.69 Å². The van der Waals surface area contributed by atoms with Crippen LogP contribution >= 0.6 is 0 Å². The molecule has 2 rings (SSSR count). The van der Waals surface area contributed by atoms with Crippen LogP contribution in [-0.4, -0.2) is 20.6 Å². The van der Waals surface area contributed by atoms with E-state index in [1.165, 1.54) is 0 Å². The highest BCUT2D eigenvalue weighted by Gasteiger charge is 2.44. The Balaban J connectivity index is 2.29. The molecule has 0 aliphatic rings. The Hall–Kier alpha value is -2.91. The van der Waals surface area contributed by atoms with E-state index in [0.29, 0.717) is 10.4 Å². The predicted molar refractivity (Wildman–Crippen MR) is 83.2 cm³/mol. The maximum Gasteiger partial charge on any atom is 0.442 e. The molecule has 0 bridgehead atoms. The second kappa shape index (κ2) is 6.54. The molecule has 0 unspecified atom stereocenters. The van der Waals surface area contributed by atoms with Gasteiger partial charge in [0.05, 0.1) is 4.92 Å². The fourth-order valence-corrected chi connectivity index (χ4v) is 2.30. The highest BCUT2D eigenvalue weighted by atomic mass is 19.4. The van der Waals surface area contributed by atoms with Gasteiger partial charge in [-0.25, -0.2) is 0 Å². The summed E-state index contributed by atoms with van der Waals surface area (Å²) in [6.45, 7) is 4.13. The van der Waals surface area contributed by atoms with Crippen LogP contribution in [0.1, 0.15) is 22.5 Å². The summed E-state index contributed by atoms with van der Waals surface area (Å²) in [6, 6.07) is 5.35. The fourth-order valence-electron chi connectivity index (χ4n) is 2.30. The van der Waals surface area contributed by atoms with E-state index in [9.17, 15) is 28.1 Å². The van der Waals surface area contributed by atoms with Gasteiger partial charge in [0.15, 0.2) is 0 Å². The Morgan fingerprint density at radius 1 is 1.32 bits per heavy atom. The van der Waals surface area contributed by atoms with Gasteiger partial charge in [-0.15, -0.1) is 0 Å². The van der Waals surface area contributed by atoms with Crippen LogP contribution in [0.5, 0.6) is 0 Å². The number of anilines is 1. The number of amides is 1. The first-order valence-electron chi connectivity index (χ1n) is 7.16. The molecule has 0 radical (unpaired) electrons. The standard InChI is InChI=1S/C15H15F3N4O3/c1-8-4-5-9(2)11(6-8)19-12(23)7-21-10(3)13(22(24)25)14(20-21)15(16,17)18/h4-6H,7H2,1-3H3,(H,19,23). The van der Waals surface area contributed by atoms with Gasteiger partial charge >= 0.3 is 11.9 Å². The Morgan fingerprint density at radius 3 is 2.48 bits per heavy atom. The Kier molecular flexibility index (Phi) is 4.82. The molecule has 1 aromatic carbocycles. The predicted octanol–water partition coefficient (Wildman–Crippen LogP) is 3.37. The number of nitrogens with one attached hydrogen (secondary N) is 1. The van der Waals surface area contributed by atoms with Gasteiger partial charge in [0.1, 0.15) is 12.2 Å². The van der Waals surface area contributed by atoms with Gasteiger partial charge in [-0.05, 0) is 38.0 Å². The molecular formula is C15H15F3N4O3. The largest absolute Gasteiger partial charge is 0.442 e. The summed E-state index contributed by atoms with van der Waals surface area (Å²) in [5, 5.41) is 16.7. The lowest BCUT2D eigenvalue weighted by atomic mass is 10.1. The van der Waals surface area contributed by atoms with E-state index in [4.69, 9.17) is 0 Å². The van der Waals surface area contributed by atoms with Gasteiger partial charge < -0.3 is 5.32 Å². The number of carbonyl (C=O) groups is 1. The second-order valence-electron chi connectivity index (χ2n) is 5.56. The zero-order valence-corrected chi connectivity index (χ0v) is 13.6. The van der Waals surface area contributed by atoms with Crippen molar-refractivity contribution in [1.29, 1.82) is 0 Å². The molecule has 10 heteroatoms. The number of nitrogens with zero attached hydrogens (tertiary/aromatic N) is 3. The SMILES string of the molecule is Cc1ccc(C)c(NC(=O)Cn2nc(C(F)(F)F)c([N+](=O)[O-])c2C)c1. The summed E-state index contributed by atoms with van der Waals surface area (Å²) in [6.07, 6.45) is -4.98. The summed E-state index contributed by atoms with van der Waals surface area (Å²) in [4.78, 5) is 21.9. The molecule has 0 spiro atoms. The van der Waals surface area contributed by atoms with Crippen molar-refractivity contribution in [3.63, 3.8) is 0 Å². The molecule has 1 amide bonds. The molecule has 0 atom stereocenters. The number of carbonyl (C=O) groups excluding carboxylic acids is 1. The van der Waals surface area contributed by atoms with Crippen molar-refractivity contribution in [3.8, 4) is 0 Å². The summed E-state index contributed by atoms with van der Waals surface area (Å²) in [7, 11) is 0. The number of aryl methyl sites for hydroxylation is 2. The minimum absolute atomic E-state index is 0.339. The van der Waals surface area contributed by atoms with E-state index < -0.39 is 34.9 Å². The third kappa shape index (κ3) is 3.95. The topological polar surface area (TPSA) is 90.1 Å². The summed E-state index contributed by atoms with van der Waals surface area (Å²) >= 11 is 0. The van der Waals surface area contributed by atoms with Crippen LogP contribution in [-0.2, 0) is 17.5 Å². The number of aromatic nitrogens is 2. The molecule has 7 nitrogen and oxygen atoms in total. The molecule has 0 saturated carbocycles. The number of alkyl halides is 3. The lowest BCUT2D eigenvalue weighted by molar-refractivity contribution is -0.388. The van der Waals surface area contributed by atoms with Crippen molar-refractivity contribution < 1.29 is 22.9 Å². The van der Waals surface area contributed by atoms with Gasteiger partial charge in [-0.2, -0.15) is 18.3 Å². The van der Waals surface area contributed by atoms with Crippen LogP contribution in [0.4, 0.5) is 24.5 Å². The second-order valence-corrected chi connectivity index (χ2v) is 5.56. The number of halogens is 3. The number of rotatable bonds is 4. The highest BCUT2D eigenvalue weighted by molar-refractivity contribution is 5.91. The number of hydrogen-bond acceptors (Lipinski definition) is 4. The van der Waals surface area contributed by atoms with Crippen molar-refractivity contribution in [2.75, 3.05) is 5.32 Å². The van der Waals surface area contributed by atoms with Crippen LogP contribution < -0.4 is 5.32 Å². The van der Waals surface area contributed by atoms with Crippen molar-refractivity contribution in [2.24, 2.45) is 0 Å². The first kappa shape index (κ1) is 18.4. The van der Waals surface area contributed by atoms with Crippen LogP contribution in [0.15, 0.2) is 18.2 Å². The van der Waals surface area contributed by atoms with Gasteiger partial charge in [0.2, 0.25) is 11.6 Å². The fraction of sp³-hybridized carbons (Fsp3) is 0.333. The van der Waals surface area contributed by atoms with E-state index in [1.807, 2.05) is 13.0 Å². The zero-order valence-electron chi connectivity index (χ0n) is 13.6. The molecule has 134 valence electrons. The summed E-state index contributed by atoms with van der Waals surface area (Å²) in [5.41, 5.74) is -0.917. The molecule has 0 fully saturated rings. The van der Waals surface area contributed by atoms with Gasteiger partial charge in [0.25, 0.3) is 0 Å². The van der Waals surface area contributed by atoms with Crippen LogP contribution in [0.3, 0.4) is 0 Å². The van der Waals surface area contributed by atoms with E-state index in [2.05, 4.69) is 10.4 Å². The van der Waals surface area contributed by atoms with Crippen molar-refractivity contribution in [1.82, 2.24) is 9.78 Å². The molecule has 0 aliphatic carbocycles. The highest BCUT2D eigenvalue weighted by Crippen LogP contribution is 2.36. The quantitative estimate of drug-likeness (QED) is 0.672. The third-order valence-corrected chi connectivity index (χ3v) is 3.59. The molecular weight excluding hydrogens is 341 g/mol. The smallest absolute Gasteiger partial charge is 0.324 e. The summed E-state index contributed by atoms with van der Waals surface area (Å²) in [5.74, 6) is -0.636. The van der Waals surface area contributed by atoms with E-state index >= 15 is 0 Å². The molecule has 0 aliphatic heterocycles. The first-order chi connectivity index (χ1) is 11.5. The average Bonchev–Trinajstić information content (AvgIpc) is 2.80. The molecule has 0 saturated heterocycles. The molecule has 2 aromatic rings. The third-order valence-electron chi connectivity index (χ3n) is 3.59. The van der Waals surface area contributed by atoms with Crippen LogP contribution in [0.2, 0.25) is 0 Å². The van der Waals surface area contributed by atoms with Crippen LogP contribution in [0, 0.1) is 30.9 Å². The van der Waals surface area contributed by atoms with Crippen LogP contribution in [0.25, 0.3) is 0 Å². The van der Waals surface area contributed by atoms with Crippen molar-refractivity contribution in [2.45, 2.75) is 33.5 Å². The van der Waals surface area contributed by atoms with Gasteiger partial charge in [-0.3, -0.25) is 19.6 Å². The van der Waals surface area contributed by atoms with Crippen molar-refractivity contribution >= 4 is 17.3 Å². The minimum Gasteiger partial charge on any atom is -0.324 e. The lowest BCUT2D eigenvalue weighted by Crippen LogP contribution is -2.21. The first-order valence-corrected chi connectivity index (χ1v) is 7.16. The Morgan fingerprint density at radius 2 is 1.96 bits per heavy atom. The average molecular weight is 356 g/mol. The lowest BCUT2D eigenvalue weighted by Gasteiger charge is -2.10. The Labute approximate surface area is 140 Å². The van der Waals surface area contributed by atoms with Crippen molar-refractivity contribution in [3.05, 3.63) is 50.8 Å². The van der Waals surface area contributed by atoms with E-state index in [0.717, 1.165) is 18.1 Å². The maximum atomic E-state index is 12.9. The van der Waals surface area contributed by atoms with E-state index in [1.54, 1.807) is 19.1 Å². The number of nitro groups is 1. The maximum absolute atomic E-state index is 12.9. The molecule has 1 N–H and O–H groups in total. The summed E-state index contributed by atoms with van der Waals surface area (Å²) < 4.78 is 39.4. The van der Waals surface area contributed by atoms with E-state index in [-0.39, 0.29) is 5.69 Å². The zero-order chi connectivity index (χ0) is 18.9. The normalized spacial score (nSPS) is 11.4. The minimum atomic E-state index is -4.98. The molecule has 1 aromatic heterocycles.